The molecular formula is C10H12Cl2O2S. The molecule has 0 fully saturated rings. The fraction of sp³-hybridized carbons (Fsp3) is 0.400. The first-order valence-electron chi connectivity index (χ1n) is 4.62. The molecule has 0 heterocycles. The van der Waals surface area contributed by atoms with Gasteiger partial charge in [-0.15, -0.1) is 11.6 Å². The largest absolute Gasteiger partial charge is 0.222 e. The normalized spacial score (nSPS) is 13.8. The quantitative estimate of drug-likeness (QED) is 0.783. The molecule has 0 bridgehead atoms. The van der Waals surface area contributed by atoms with Gasteiger partial charge in [-0.1, -0.05) is 24.9 Å². The van der Waals surface area contributed by atoms with Gasteiger partial charge in [-0.25, -0.2) is 8.42 Å². The minimum absolute atomic E-state index is 0.223. The van der Waals surface area contributed by atoms with Gasteiger partial charge < -0.3 is 0 Å². The topological polar surface area (TPSA) is 34.1 Å². The third-order valence-electron chi connectivity index (χ3n) is 1.99. The van der Waals surface area contributed by atoms with Crippen molar-refractivity contribution < 1.29 is 8.42 Å². The van der Waals surface area contributed by atoms with Gasteiger partial charge in [0.1, 0.15) is 4.71 Å². The lowest BCUT2D eigenvalue weighted by atomic mass is 10.4. The van der Waals surface area contributed by atoms with Crippen molar-refractivity contribution in [2.75, 3.05) is 0 Å². The van der Waals surface area contributed by atoms with E-state index in [4.69, 9.17) is 23.2 Å². The zero-order valence-electron chi connectivity index (χ0n) is 8.28. The maximum absolute atomic E-state index is 11.9. The second-order valence-electron chi connectivity index (χ2n) is 3.20. The van der Waals surface area contributed by atoms with E-state index in [2.05, 4.69) is 0 Å². The monoisotopic (exact) mass is 266 g/mol. The molecule has 0 spiro atoms. The van der Waals surface area contributed by atoms with Crippen LogP contribution in [0.2, 0.25) is 5.02 Å². The van der Waals surface area contributed by atoms with Gasteiger partial charge in [-0.2, -0.15) is 0 Å². The van der Waals surface area contributed by atoms with Gasteiger partial charge in [0.15, 0.2) is 9.84 Å². The van der Waals surface area contributed by atoms with Crippen LogP contribution in [0.3, 0.4) is 0 Å². The standard InChI is InChI=1S/C10H12Cl2O2S/c1-2-3-10(12)15(13,14)9-6-4-8(11)5-7-9/h4-7,10H,2-3H2,1H3. The van der Waals surface area contributed by atoms with Crippen LogP contribution in [0.5, 0.6) is 0 Å². The van der Waals surface area contributed by atoms with Gasteiger partial charge in [0.2, 0.25) is 0 Å². The maximum atomic E-state index is 11.9. The van der Waals surface area contributed by atoms with Crippen LogP contribution in [0.15, 0.2) is 29.2 Å². The lowest BCUT2D eigenvalue weighted by molar-refractivity contribution is 0.588. The number of sulfone groups is 1. The molecule has 0 aromatic heterocycles. The highest BCUT2D eigenvalue weighted by molar-refractivity contribution is 7.93. The van der Waals surface area contributed by atoms with Crippen LogP contribution in [-0.2, 0) is 9.84 Å². The predicted octanol–water partition coefficient (Wildman–Crippen LogP) is 3.48. The van der Waals surface area contributed by atoms with Crippen LogP contribution in [0.25, 0.3) is 0 Å². The van der Waals surface area contributed by atoms with Gasteiger partial charge in [0.25, 0.3) is 0 Å². The van der Waals surface area contributed by atoms with Gasteiger partial charge in [0.05, 0.1) is 4.90 Å². The molecule has 0 aliphatic carbocycles. The van der Waals surface area contributed by atoms with E-state index in [0.29, 0.717) is 11.4 Å². The Bertz CT molecular complexity index is 412. The number of halogens is 2. The van der Waals surface area contributed by atoms with Gasteiger partial charge in [-0.3, -0.25) is 0 Å². The van der Waals surface area contributed by atoms with Crippen molar-refractivity contribution in [2.45, 2.75) is 29.4 Å². The first-order chi connectivity index (χ1) is 6.98. The molecule has 0 saturated carbocycles. The summed E-state index contributed by atoms with van der Waals surface area (Å²) in [7, 11) is -3.41. The van der Waals surface area contributed by atoms with Crippen molar-refractivity contribution in [1.82, 2.24) is 0 Å². The van der Waals surface area contributed by atoms with Crippen LogP contribution >= 0.6 is 23.2 Å². The molecule has 0 amide bonds. The minimum Gasteiger partial charge on any atom is -0.222 e. The van der Waals surface area contributed by atoms with Crippen LogP contribution in [0.1, 0.15) is 19.8 Å². The van der Waals surface area contributed by atoms with Crippen molar-refractivity contribution >= 4 is 33.0 Å². The maximum Gasteiger partial charge on any atom is 0.195 e. The molecule has 0 saturated heterocycles. The van der Waals surface area contributed by atoms with Crippen LogP contribution in [0.4, 0.5) is 0 Å². The van der Waals surface area contributed by atoms with Crippen LogP contribution < -0.4 is 0 Å². The molecule has 0 N–H and O–H groups in total. The number of alkyl halides is 1. The van der Waals surface area contributed by atoms with E-state index in [0.717, 1.165) is 6.42 Å². The van der Waals surface area contributed by atoms with E-state index in [1.54, 1.807) is 12.1 Å². The molecule has 84 valence electrons. The predicted molar refractivity (Wildman–Crippen MR) is 63.2 cm³/mol. The third kappa shape index (κ3) is 3.10. The second-order valence-corrected chi connectivity index (χ2v) is 6.55. The molecule has 1 unspecified atom stereocenters. The third-order valence-corrected chi connectivity index (χ3v) is 5.01. The van der Waals surface area contributed by atoms with Crippen molar-refractivity contribution in [3.63, 3.8) is 0 Å². The number of hydrogen-bond donors (Lipinski definition) is 0. The van der Waals surface area contributed by atoms with E-state index >= 15 is 0 Å². The molecule has 1 rings (SSSR count). The van der Waals surface area contributed by atoms with Gasteiger partial charge in [0, 0.05) is 5.02 Å². The Hall–Kier alpha value is -0.250. The fourth-order valence-corrected chi connectivity index (χ4v) is 3.16. The molecule has 1 atom stereocenters. The van der Waals surface area contributed by atoms with E-state index in [1.807, 2.05) is 6.92 Å². The Balaban J connectivity index is 3.01. The summed E-state index contributed by atoms with van der Waals surface area (Å²) in [5, 5.41) is 0.510. The number of rotatable bonds is 4. The molecule has 5 heteroatoms. The fourth-order valence-electron chi connectivity index (χ4n) is 1.15. The Morgan fingerprint density at radius 2 is 1.80 bits per heavy atom. The zero-order valence-corrected chi connectivity index (χ0v) is 10.6. The summed E-state index contributed by atoms with van der Waals surface area (Å²) in [4.78, 5) is 0.223. The average Bonchev–Trinajstić information content (AvgIpc) is 2.18. The van der Waals surface area contributed by atoms with E-state index in [-0.39, 0.29) is 4.90 Å². The first-order valence-corrected chi connectivity index (χ1v) is 6.98. The summed E-state index contributed by atoms with van der Waals surface area (Å²) in [5.41, 5.74) is 0. The molecule has 15 heavy (non-hydrogen) atoms. The lowest BCUT2D eigenvalue weighted by Crippen LogP contribution is -2.15. The van der Waals surface area contributed by atoms with Gasteiger partial charge >= 0.3 is 0 Å². The molecular weight excluding hydrogens is 255 g/mol. The smallest absolute Gasteiger partial charge is 0.195 e. The van der Waals surface area contributed by atoms with Crippen LogP contribution in [-0.4, -0.2) is 13.1 Å². The number of hydrogen-bond acceptors (Lipinski definition) is 2. The summed E-state index contributed by atoms with van der Waals surface area (Å²) in [6.45, 7) is 1.90. The van der Waals surface area contributed by atoms with Crippen molar-refractivity contribution in [2.24, 2.45) is 0 Å². The summed E-state index contributed by atoms with van der Waals surface area (Å²) in [6.07, 6.45) is 1.19. The van der Waals surface area contributed by atoms with Gasteiger partial charge in [-0.05, 0) is 30.7 Å². The highest BCUT2D eigenvalue weighted by Crippen LogP contribution is 2.23. The highest BCUT2D eigenvalue weighted by atomic mass is 35.5. The number of benzene rings is 1. The molecule has 0 aliphatic rings. The molecule has 2 nitrogen and oxygen atoms in total. The molecule has 0 radical (unpaired) electrons. The van der Waals surface area contributed by atoms with Crippen molar-refractivity contribution in [3.05, 3.63) is 29.3 Å². The molecule has 1 aromatic carbocycles. The van der Waals surface area contributed by atoms with E-state index in [9.17, 15) is 8.42 Å². The first kappa shape index (κ1) is 12.8. The SMILES string of the molecule is CCCC(Cl)S(=O)(=O)c1ccc(Cl)cc1. The van der Waals surface area contributed by atoms with E-state index < -0.39 is 14.5 Å². The van der Waals surface area contributed by atoms with Crippen molar-refractivity contribution in [3.8, 4) is 0 Å². The Labute approximate surface area is 100 Å². The van der Waals surface area contributed by atoms with Crippen molar-refractivity contribution in [1.29, 1.82) is 0 Å². The minimum atomic E-state index is -3.41. The van der Waals surface area contributed by atoms with Crippen LogP contribution in [0, 0.1) is 0 Å². The second kappa shape index (κ2) is 5.19. The summed E-state index contributed by atoms with van der Waals surface area (Å²) >= 11 is 11.5. The highest BCUT2D eigenvalue weighted by Gasteiger charge is 2.24. The Morgan fingerprint density at radius 3 is 2.27 bits per heavy atom. The summed E-state index contributed by atoms with van der Waals surface area (Å²) in [5.74, 6) is 0. The average molecular weight is 267 g/mol. The molecule has 1 aromatic rings. The zero-order chi connectivity index (χ0) is 11.5. The summed E-state index contributed by atoms with van der Waals surface area (Å²) < 4.78 is 22.9. The summed E-state index contributed by atoms with van der Waals surface area (Å²) in [6, 6.07) is 6.04. The molecule has 0 aliphatic heterocycles. The Kier molecular flexibility index (Phi) is 4.44. The lowest BCUT2D eigenvalue weighted by Gasteiger charge is -2.09. The Morgan fingerprint density at radius 1 is 1.27 bits per heavy atom. The van der Waals surface area contributed by atoms with E-state index in [1.165, 1.54) is 12.1 Å².